The monoisotopic (exact) mass is 435 g/mol. The molecule has 0 aliphatic carbocycles. The number of hydrogen-bond acceptors (Lipinski definition) is 8. The van der Waals surface area contributed by atoms with E-state index in [1.807, 2.05) is 13.8 Å². The molecule has 2 aromatic rings. The molecule has 1 unspecified atom stereocenters. The van der Waals surface area contributed by atoms with E-state index in [0.29, 0.717) is 5.56 Å². The molecule has 3 rings (SSSR count). The van der Waals surface area contributed by atoms with Gasteiger partial charge in [0.25, 0.3) is 11.2 Å². The van der Waals surface area contributed by atoms with Crippen LogP contribution in [0.15, 0.2) is 40.1 Å². The molecule has 0 amide bonds. The first kappa shape index (κ1) is 22.8. The molecule has 11 nitrogen and oxygen atoms in total. The average molecular weight is 435 g/mol. The molecule has 1 aromatic heterocycles. The number of nitro groups is 1. The van der Waals surface area contributed by atoms with Crippen molar-refractivity contribution < 1.29 is 24.6 Å². The lowest BCUT2D eigenvalue weighted by Gasteiger charge is -2.22. The van der Waals surface area contributed by atoms with Crippen LogP contribution in [0.1, 0.15) is 43.7 Å². The summed E-state index contributed by atoms with van der Waals surface area (Å²) in [5, 5.41) is 30.5. The molecule has 1 aromatic carbocycles. The molecule has 31 heavy (non-hydrogen) atoms. The van der Waals surface area contributed by atoms with Crippen molar-refractivity contribution in [2.45, 2.75) is 51.4 Å². The first-order chi connectivity index (χ1) is 14.7. The van der Waals surface area contributed by atoms with Gasteiger partial charge in [-0.15, -0.1) is 0 Å². The Morgan fingerprint density at radius 3 is 2.68 bits per heavy atom. The van der Waals surface area contributed by atoms with Crippen molar-refractivity contribution >= 4 is 5.69 Å². The summed E-state index contributed by atoms with van der Waals surface area (Å²) < 4.78 is 12.5. The maximum Gasteiger partial charge on any atom is 0.330 e. The Balaban J connectivity index is 1.86. The van der Waals surface area contributed by atoms with Gasteiger partial charge in [0, 0.05) is 18.7 Å². The number of benzene rings is 1. The number of hydrogen-bond donors (Lipinski definition) is 3. The quantitative estimate of drug-likeness (QED) is 0.409. The van der Waals surface area contributed by atoms with E-state index in [2.05, 4.69) is 4.98 Å². The summed E-state index contributed by atoms with van der Waals surface area (Å²) in [7, 11) is 0. The molecule has 11 heteroatoms. The lowest BCUT2D eigenvalue weighted by Crippen LogP contribution is -2.34. The third-order valence-corrected chi connectivity index (χ3v) is 5.20. The van der Waals surface area contributed by atoms with Crippen molar-refractivity contribution in [2.24, 2.45) is 5.92 Å². The Labute approximate surface area is 177 Å². The summed E-state index contributed by atoms with van der Waals surface area (Å²) in [5.74, 6) is -0.135. The number of nitrogens with zero attached hydrogens (tertiary/aromatic N) is 2. The van der Waals surface area contributed by atoms with E-state index in [4.69, 9.17) is 9.47 Å². The van der Waals surface area contributed by atoms with Crippen LogP contribution < -0.4 is 11.2 Å². The maximum atomic E-state index is 12.3. The smallest absolute Gasteiger partial charge is 0.330 e. The summed E-state index contributed by atoms with van der Waals surface area (Å²) in [6.07, 6.45) is -1.93. The summed E-state index contributed by atoms with van der Waals surface area (Å²) >= 11 is 0. The van der Waals surface area contributed by atoms with Crippen LogP contribution in [0.25, 0.3) is 0 Å². The van der Waals surface area contributed by atoms with Gasteiger partial charge < -0.3 is 19.7 Å². The fourth-order valence-corrected chi connectivity index (χ4v) is 3.61. The molecule has 3 N–H and O–H groups in total. The number of aromatic amines is 1. The second-order valence-electron chi connectivity index (χ2n) is 7.73. The summed E-state index contributed by atoms with van der Waals surface area (Å²) in [5.41, 5.74) is -0.939. The van der Waals surface area contributed by atoms with Crippen LogP contribution in [-0.2, 0) is 16.1 Å². The number of aromatic nitrogens is 2. The predicted octanol–water partition coefficient (Wildman–Crippen LogP) is 0.999. The Bertz CT molecular complexity index is 1050. The lowest BCUT2D eigenvalue weighted by atomic mass is 9.97. The van der Waals surface area contributed by atoms with Gasteiger partial charge in [0.05, 0.1) is 41.5 Å². The fourth-order valence-electron chi connectivity index (χ4n) is 3.61. The van der Waals surface area contributed by atoms with Crippen molar-refractivity contribution in [3.8, 4) is 0 Å². The minimum Gasteiger partial charge on any atom is -0.394 e. The third-order valence-electron chi connectivity index (χ3n) is 5.20. The molecular formula is C20H25N3O8. The van der Waals surface area contributed by atoms with Gasteiger partial charge in [0.15, 0.2) is 0 Å². The highest BCUT2D eigenvalue weighted by Crippen LogP contribution is 2.33. The van der Waals surface area contributed by atoms with E-state index >= 15 is 0 Å². The molecule has 1 aliphatic rings. The second-order valence-corrected chi connectivity index (χ2v) is 7.73. The lowest BCUT2D eigenvalue weighted by molar-refractivity contribution is -0.386. The molecule has 0 saturated carbocycles. The zero-order valence-corrected chi connectivity index (χ0v) is 17.1. The highest BCUT2D eigenvalue weighted by Gasteiger charge is 2.35. The zero-order valence-electron chi connectivity index (χ0n) is 17.1. The number of nitrogens with one attached hydrogen (secondary N) is 1. The topological polar surface area (TPSA) is 157 Å². The normalized spacial score (nSPS) is 22.0. The van der Waals surface area contributed by atoms with Crippen LogP contribution in [0.4, 0.5) is 5.69 Å². The van der Waals surface area contributed by atoms with E-state index in [1.165, 1.54) is 12.3 Å². The van der Waals surface area contributed by atoms with E-state index < -0.39 is 47.3 Å². The zero-order chi connectivity index (χ0) is 22.7. The number of aliphatic hydroxyl groups is 2. The standard InChI is InChI=1S/C20H25N3O8/c1-11(2)18(13-5-3-4-6-14(13)23(28)29)30-10-12-8-22(20(27)21-19(12)26)17-7-15(25)16(9-24)31-17/h3-6,8,11,15-18,24-25H,7,9-10H2,1-2H3,(H,21,26,27)/t15?,16-,17-,18-/m0/s1. The van der Waals surface area contributed by atoms with Crippen LogP contribution in [0.5, 0.6) is 0 Å². The van der Waals surface area contributed by atoms with E-state index in [9.17, 15) is 29.9 Å². The number of aliphatic hydroxyl groups excluding tert-OH is 2. The van der Waals surface area contributed by atoms with Crippen LogP contribution >= 0.6 is 0 Å². The minimum atomic E-state index is -0.947. The molecule has 0 radical (unpaired) electrons. The number of rotatable bonds is 8. The highest BCUT2D eigenvalue weighted by molar-refractivity contribution is 5.41. The molecule has 0 bridgehead atoms. The van der Waals surface area contributed by atoms with Crippen LogP contribution in [0.3, 0.4) is 0 Å². The van der Waals surface area contributed by atoms with Gasteiger partial charge >= 0.3 is 5.69 Å². The molecular weight excluding hydrogens is 410 g/mol. The molecule has 1 fully saturated rings. The van der Waals surface area contributed by atoms with Gasteiger partial charge in [0.2, 0.25) is 0 Å². The van der Waals surface area contributed by atoms with Crippen molar-refractivity contribution in [1.82, 2.24) is 9.55 Å². The minimum absolute atomic E-state index is 0.0717. The molecule has 1 aliphatic heterocycles. The Morgan fingerprint density at radius 1 is 1.35 bits per heavy atom. The first-order valence-corrected chi connectivity index (χ1v) is 9.86. The molecule has 168 valence electrons. The van der Waals surface area contributed by atoms with E-state index in [0.717, 1.165) is 4.57 Å². The van der Waals surface area contributed by atoms with Gasteiger partial charge in [-0.3, -0.25) is 24.5 Å². The number of H-pyrrole nitrogens is 1. The van der Waals surface area contributed by atoms with Crippen LogP contribution in [0, 0.1) is 16.0 Å². The Hall–Kier alpha value is -2.86. The number of ether oxygens (including phenoxy) is 2. The van der Waals surface area contributed by atoms with Crippen molar-refractivity contribution in [3.05, 3.63) is 72.5 Å². The Kier molecular flexibility index (Phi) is 7.01. The molecule has 2 heterocycles. The predicted molar refractivity (Wildman–Crippen MR) is 108 cm³/mol. The summed E-state index contributed by atoms with van der Waals surface area (Å²) in [4.78, 5) is 37.6. The molecule has 1 saturated heterocycles. The highest BCUT2D eigenvalue weighted by atomic mass is 16.6. The summed E-state index contributed by atoms with van der Waals surface area (Å²) in [6, 6.07) is 6.24. The van der Waals surface area contributed by atoms with Gasteiger partial charge in [0.1, 0.15) is 12.3 Å². The second kappa shape index (κ2) is 9.52. The maximum absolute atomic E-state index is 12.3. The van der Waals surface area contributed by atoms with Crippen molar-refractivity contribution in [3.63, 3.8) is 0 Å². The van der Waals surface area contributed by atoms with E-state index in [1.54, 1.807) is 18.2 Å². The Morgan fingerprint density at radius 2 is 2.06 bits per heavy atom. The van der Waals surface area contributed by atoms with Gasteiger partial charge in [-0.05, 0) is 12.0 Å². The van der Waals surface area contributed by atoms with Gasteiger partial charge in [-0.1, -0.05) is 26.0 Å². The molecule has 4 atom stereocenters. The van der Waals surface area contributed by atoms with Gasteiger partial charge in [-0.2, -0.15) is 0 Å². The SMILES string of the molecule is CC(C)[C@H](OCc1cn([C@@H]2CC(O)[C@H](CO)O2)c(=O)[nH]c1=O)c1ccccc1[N+](=O)[O-]. The van der Waals surface area contributed by atoms with Crippen molar-refractivity contribution in [1.29, 1.82) is 0 Å². The third kappa shape index (κ3) is 4.90. The van der Waals surface area contributed by atoms with Crippen LogP contribution in [-0.4, -0.2) is 43.5 Å². The first-order valence-electron chi connectivity index (χ1n) is 9.86. The molecule has 0 spiro atoms. The van der Waals surface area contributed by atoms with E-state index in [-0.39, 0.29) is 30.2 Å². The van der Waals surface area contributed by atoms with Crippen molar-refractivity contribution in [2.75, 3.05) is 6.61 Å². The summed E-state index contributed by atoms with van der Waals surface area (Å²) in [6.45, 7) is 3.07. The fraction of sp³-hybridized carbons (Fsp3) is 0.500. The number of nitro benzene ring substituents is 1. The van der Waals surface area contributed by atoms with Gasteiger partial charge in [-0.25, -0.2) is 4.79 Å². The number of para-hydroxylation sites is 1. The van der Waals surface area contributed by atoms with Crippen LogP contribution in [0.2, 0.25) is 0 Å². The average Bonchev–Trinajstić information content (AvgIpc) is 3.10. The largest absolute Gasteiger partial charge is 0.394 e.